The van der Waals surface area contributed by atoms with Gasteiger partial charge in [-0.2, -0.15) is 0 Å². The number of fused-ring (bicyclic) bond motifs is 1. The summed E-state index contributed by atoms with van der Waals surface area (Å²) in [6.45, 7) is 3.42. The lowest BCUT2D eigenvalue weighted by molar-refractivity contribution is -0.167. The molecule has 0 spiro atoms. The first-order valence-electron chi connectivity index (χ1n) is 7.70. The van der Waals surface area contributed by atoms with Crippen molar-refractivity contribution in [3.05, 3.63) is 33.6 Å². The first kappa shape index (κ1) is 19.4. The number of rotatable bonds is 8. The van der Waals surface area contributed by atoms with Crippen LogP contribution in [0.15, 0.2) is 28.1 Å². The summed E-state index contributed by atoms with van der Waals surface area (Å²) in [7, 11) is 0. The lowest BCUT2D eigenvalue weighted by Crippen LogP contribution is -2.60. The molecule has 0 radical (unpaired) electrons. The highest BCUT2D eigenvalue weighted by Crippen LogP contribution is 2.32. The quantitative estimate of drug-likeness (QED) is 0.397. The van der Waals surface area contributed by atoms with Crippen molar-refractivity contribution in [1.82, 2.24) is 5.32 Å². The van der Waals surface area contributed by atoms with E-state index in [1.807, 2.05) is 23.6 Å². The molecule has 2 rings (SSSR count). The molecule has 0 aliphatic heterocycles. The van der Waals surface area contributed by atoms with Gasteiger partial charge in [-0.25, -0.2) is 9.59 Å². The molecular formula is C17H18BrNO5S. The predicted molar refractivity (Wildman–Crippen MR) is 98.4 cm³/mol. The van der Waals surface area contributed by atoms with Gasteiger partial charge in [-0.15, -0.1) is 11.3 Å². The van der Waals surface area contributed by atoms with Gasteiger partial charge in [-0.05, 0) is 48.4 Å². The maximum atomic E-state index is 12.6. The molecule has 134 valence electrons. The SMILES string of the molecule is CCOC(=O)C(Cc1csc2ccc(Br)cc12)(NC=O)C(=O)OCC. The van der Waals surface area contributed by atoms with Crippen LogP contribution in [0.3, 0.4) is 0 Å². The van der Waals surface area contributed by atoms with Crippen LogP contribution in [-0.4, -0.2) is 37.1 Å². The molecule has 0 aliphatic carbocycles. The first-order chi connectivity index (χ1) is 12.0. The Morgan fingerprint density at radius 2 is 1.88 bits per heavy atom. The third-order valence-corrected chi connectivity index (χ3v) is 5.13. The van der Waals surface area contributed by atoms with Crippen LogP contribution in [0.5, 0.6) is 0 Å². The van der Waals surface area contributed by atoms with Crippen LogP contribution in [0, 0.1) is 0 Å². The van der Waals surface area contributed by atoms with E-state index in [0.29, 0.717) is 6.41 Å². The number of benzene rings is 1. The lowest BCUT2D eigenvalue weighted by Gasteiger charge is -2.28. The van der Waals surface area contributed by atoms with E-state index in [4.69, 9.17) is 9.47 Å². The average molecular weight is 428 g/mol. The third-order valence-electron chi connectivity index (χ3n) is 3.62. The summed E-state index contributed by atoms with van der Waals surface area (Å²) < 4.78 is 12.0. The summed E-state index contributed by atoms with van der Waals surface area (Å²) in [5, 5.41) is 5.10. The molecule has 0 bridgehead atoms. The molecule has 1 aromatic carbocycles. The number of esters is 2. The summed E-state index contributed by atoms with van der Waals surface area (Å²) in [4.78, 5) is 36.3. The van der Waals surface area contributed by atoms with Crippen LogP contribution in [0.2, 0.25) is 0 Å². The van der Waals surface area contributed by atoms with Crippen molar-refractivity contribution >= 4 is 55.7 Å². The topological polar surface area (TPSA) is 81.7 Å². The number of carbonyl (C=O) groups is 3. The molecule has 1 aromatic heterocycles. The van der Waals surface area contributed by atoms with Crippen molar-refractivity contribution in [2.45, 2.75) is 25.8 Å². The van der Waals surface area contributed by atoms with E-state index in [1.165, 1.54) is 11.3 Å². The summed E-state index contributed by atoms with van der Waals surface area (Å²) in [6, 6.07) is 5.76. The maximum absolute atomic E-state index is 12.6. The standard InChI is InChI=1S/C17H18BrNO5S/c1-3-23-15(21)17(19-10-20,16(22)24-4-2)8-11-9-25-14-6-5-12(18)7-13(11)14/h5-7,9-10H,3-4,8H2,1-2H3,(H,19,20). The van der Waals surface area contributed by atoms with Gasteiger partial charge in [0.05, 0.1) is 13.2 Å². The van der Waals surface area contributed by atoms with Gasteiger partial charge in [-0.1, -0.05) is 15.9 Å². The van der Waals surface area contributed by atoms with E-state index < -0.39 is 17.5 Å². The van der Waals surface area contributed by atoms with Crippen LogP contribution >= 0.6 is 27.3 Å². The fourth-order valence-corrected chi connectivity index (χ4v) is 3.79. The molecule has 8 heteroatoms. The summed E-state index contributed by atoms with van der Waals surface area (Å²) in [5.74, 6) is -1.68. The molecule has 2 aromatic rings. The van der Waals surface area contributed by atoms with E-state index in [1.54, 1.807) is 13.8 Å². The van der Waals surface area contributed by atoms with Gasteiger partial charge >= 0.3 is 11.9 Å². The molecule has 1 amide bonds. The van der Waals surface area contributed by atoms with E-state index in [-0.39, 0.29) is 19.6 Å². The smallest absolute Gasteiger partial charge is 0.344 e. The second kappa shape index (κ2) is 8.44. The molecule has 6 nitrogen and oxygen atoms in total. The van der Waals surface area contributed by atoms with E-state index in [9.17, 15) is 14.4 Å². The van der Waals surface area contributed by atoms with Crippen molar-refractivity contribution in [2.75, 3.05) is 13.2 Å². The molecule has 0 atom stereocenters. The summed E-state index contributed by atoms with van der Waals surface area (Å²) >= 11 is 4.91. The lowest BCUT2D eigenvalue weighted by atomic mass is 9.90. The van der Waals surface area contributed by atoms with Crippen LogP contribution in [0.4, 0.5) is 0 Å². The normalized spacial score (nSPS) is 11.2. The minimum Gasteiger partial charge on any atom is -0.464 e. The van der Waals surface area contributed by atoms with Gasteiger partial charge in [-0.3, -0.25) is 4.79 Å². The average Bonchev–Trinajstić information content (AvgIpc) is 2.96. The first-order valence-corrected chi connectivity index (χ1v) is 9.37. The Morgan fingerprint density at radius 1 is 1.24 bits per heavy atom. The van der Waals surface area contributed by atoms with Gasteiger partial charge < -0.3 is 14.8 Å². The largest absolute Gasteiger partial charge is 0.464 e. The van der Waals surface area contributed by atoms with Gasteiger partial charge in [0, 0.05) is 15.6 Å². The van der Waals surface area contributed by atoms with E-state index in [2.05, 4.69) is 21.2 Å². The molecular weight excluding hydrogens is 410 g/mol. The summed E-state index contributed by atoms with van der Waals surface area (Å²) in [6.07, 6.45) is 0.262. The molecule has 25 heavy (non-hydrogen) atoms. The predicted octanol–water partition coefficient (Wildman–Crippen LogP) is 2.82. The highest BCUT2D eigenvalue weighted by Gasteiger charge is 2.49. The van der Waals surface area contributed by atoms with Crippen LogP contribution < -0.4 is 5.32 Å². The molecule has 0 fully saturated rings. The van der Waals surface area contributed by atoms with Crippen molar-refractivity contribution in [3.63, 3.8) is 0 Å². The Balaban J connectivity index is 2.52. The van der Waals surface area contributed by atoms with E-state index >= 15 is 0 Å². The third kappa shape index (κ3) is 4.01. The van der Waals surface area contributed by atoms with Gasteiger partial charge in [0.15, 0.2) is 0 Å². The highest BCUT2D eigenvalue weighted by molar-refractivity contribution is 9.10. The second-order valence-corrected chi connectivity index (χ2v) is 7.01. The monoisotopic (exact) mass is 427 g/mol. The number of halogens is 1. The van der Waals surface area contributed by atoms with Gasteiger partial charge in [0.25, 0.3) is 0 Å². The molecule has 1 heterocycles. The van der Waals surface area contributed by atoms with Gasteiger partial charge in [0.2, 0.25) is 11.9 Å². The Bertz CT molecular complexity index is 770. The van der Waals surface area contributed by atoms with Crippen molar-refractivity contribution in [3.8, 4) is 0 Å². The molecule has 0 aliphatic rings. The number of hydrogen-bond donors (Lipinski definition) is 1. The summed E-state index contributed by atoms with van der Waals surface area (Å²) in [5.41, 5.74) is -1.17. The second-order valence-electron chi connectivity index (χ2n) is 5.19. The minimum absolute atomic E-state index is 0.0557. The van der Waals surface area contributed by atoms with Gasteiger partial charge in [0.1, 0.15) is 0 Å². The number of ether oxygens (including phenoxy) is 2. The number of hydrogen-bond acceptors (Lipinski definition) is 6. The van der Waals surface area contributed by atoms with Crippen LogP contribution in [0.1, 0.15) is 19.4 Å². The highest BCUT2D eigenvalue weighted by atomic mass is 79.9. The zero-order valence-corrected chi connectivity index (χ0v) is 16.2. The molecule has 0 saturated carbocycles. The Labute approximate surface area is 157 Å². The number of nitrogens with one attached hydrogen (secondary N) is 1. The molecule has 0 unspecified atom stereocenters. The van der Waals surface area contributed by atoms with Crippen molar-refractivity contribution in [2.24, 2.45) is 0 Å². The van der Waals surface area contributed by atoms with Crippen molar-refractivity contribution in [1.29, 1.82) is 0 Å². The Hall–Kier alpha value is -1.93. The van der Waals surface area contributed by atoms with Crippen LogP contribution in [-0.2, 0) is 30.3 Å². The van der Waals surface area contributed by atoms with Crippen LogP contribution in [0.25, 0.3) is 10.1 Å². The number of amides is 1. The van der Waals surface area contributed by atoms with Crippen molar-refractivity contribution < 1.29 is 23.9 Å². The molecule has 1 N–H and O–H groups in total. The Morgan fingerprint density at radius 3 is 2.44 bits per heavy atom. The minimum atomic E-state index is -1.91. The maximum Gasteiger partial charge on any atom is 0.344 e. The fraction of sp³-hybridized carbons (Fsp3) is 0.353. The molecule has 0 saturated heterocycles. The zero-order chi connectivity index (χ0) is 18.4. The number of carbonyl (C=O) groups excluding carboxylic acids is 3. The Kier molecular flexibility index (Phi) is 6.55. The zero-order valence-electron chi connectivity index (χ0n) is 13.8. The fourth-order valence-electron chi connectivity index (χ4n) is 2.48. The number of thiophene rings is 1. The van der Waals surface area contributed by atoms with E-state index in [0.717, 1.165) is 20.1 Å².